The second-order valence-electron chi connectivity index (χ2n) is 14.8. The number of hydrogen-bond donors (Lipinski definition) is 1. The molecule has 0 spiro atoms. The van der Waals surface area contributed by atoms with Crippen LogP contribution >= 0.6 is 0 Å². The van der Waals surface area contributed by atoms with Crippen molar-refractivity contribution in [3.8, 4) is 39.5 Å². The molecule has 0 aliphatic rings. The standard InChI is InChI=1S/C39H40N3O2.Pt/c1-37(2,3)25-13-14-32(43)30(18-25)36-42-35-29(20-27(39(7,8)9)22-33(35)44-36)24-12-10-11-23(17-24)28-19-26(38(4,5)6)21-31-34(28)41-16-15-40-31;/h10-16,18-22,43H,1-9H3;/q-1;. The van der Waals surface area contributed by atoms with Crippen LogP contribution in [0.4, 0.5) is 0 Å². The Hall–Kier alpha value is -3.82. The van der Waals surface area contributed by atoms with E-state index in [1.54, 1.807) is 18.5 Å². The van der Waals surface area contributed by atoms with Crippen LogP contribution in [0, 0.1) is 6.07 Å². The molecule has 0 atom stereocenters. The van der Waals surface area contributed by atoms with Crippen LogP contribution in [0.15, 0.2) is 77.5 Å². The monoisotopic (exact) mass is 777 g/mol. The van der Waals surface area contributed by atoms with Crippen LogP contribution in [-0.4, -0.2) is 20.1 Å². The number of nitrogens with zero attached hydrogens (tertiary/aromatic N) is 3. The summed E-state index contributed by atoms with van der Waals surface area (Å²) in [5, 5.41) is 10.9. The van der Waals surface area contributed by atoms with E-state index in [0.717, 1.165) is 49.9 Å². The number of hydrogen-bond acceptors (Lipinski definition) is 5. The minimum absolute atomic E-state index is 0. The topological polar surface area (TPSA) is 72.0 Å². The van der Waals surface area contributed by atoms with Crippen LogP contribution in [0.1, 0.15) is 79.0 Å². The van der Waals surface area contributed by atoms with E-state index in [9.17, 15) is 5.11 Å². The maximum Gasteiger partial charge on any atom is 0.230 e. The van der Waals surface area contributed by atoms with Crippen LogP contribution in [0.2, 0.25) is 0 Å². The Morgan fingerprint density at radius 1 is 0.622 bits per heavy atom. The van der Waals surface area contributed by atoms with E-state index in [1.165, 1.54) is 5.56 Å². The average molecular weight is 778 g/mol. The molecule has 6 heteroatoms. The summed E-state index contributed by atoms with van der Waals surface area (Å²) in [4.78, 5) is 14.4. The zero-order chi connectivity index (χ0) is 31.6. The molecule has 0 bridgehead atoms. The summed E-state index contributed by atoms with van der Waals surface area (Å²) in [7, 11) is 0. The Bertz CT molecular complexity index is 2040. The first-order valence-electron chi connectivity index (χ1n) is 15.2. The smallest absolute Gasteiger partial charge is 0.230 e. The van der Waals surface area contributed by atoms with Gasteiger partial charge in [0.1, 0.15) is 11.3 Å². The zero-order valence-corrected chi connectivity index (χ0v) is 29.7. The average Bonchev–Trinajstić information content (AvgIpc) is 3.39. The van der Waals surface area contributed by atoms with Crippen LogP contribution in [0.3, 0.4) is 0 Å². The van der Waals surface area contributed by atoms with Gasteiger partial charge in [-0.3, -0.25) is 9.97 Å². The molecule has 45 heavy (non-hydrogen) atoms. The third-order valence-electron chi connectivity index (χ3n) is 8.27. The van der Waals surface area contributed by atoms with Crippen molar-refractivity contribution < 1.29 is 30.6 Å². The van der Waals surface area contributed by atoms with Crippen molar-refractivity contribution in [3.63, 3.8) is 0 Å². The maximum atomic E-state index is 10.9. The van der Waals surface area contributed by atoms with Crippen molar-refractivity contribution in [2.45, 2.75) is 78.6 Å². The third-order valence-corrected chi connectivity index (χ3v) is 8.27. The van der Waals surface area contributed by atoms with Gasteiger partial charge in [-0.25, -0.2) is 4.98 Å². The van der Waals surface area contributed by atoms with E-state index in [2.05, 4.69) is 116 Å². The predicted octanol–water partition coefficient (Wildman–Crippen LogP) is 10.2. The molecule has 2 aromatic heterocycles. The number of aromatic hydroxyl groups is 1. The number of benzene rings is 4. The molecule has 4 aromatic carbocycles. The Balaban J connectivity index is 0.00000400. The van der Waals surface area contributed by atoms with Gasteiger partial charge >= 0.3 is 0 Å². The number of oxazole rings is 1. The van der Waals surface area contributed by atoms with E-state index in [4.69, 9.17) is 14.4 Å². The van der Waals surface area contributed by atoms with Gasteiger partial charge in [0.15, 0.2) is 0 Å². The van der Waals surface area contributed by atoms with Crippen molar-refractivity contribution in [2.75, 3.05) is 0 Å². The fourth-order valence-electron chi connectivity index (χ4n) is 5.45. The first-order chi connectivity index (χ1) is 20.6. The number of phenolic OH excluding ortho intramolecular Hbond substituents is 1. The first-order valence-corrected chi connectivity index (χ1v) is 15.2. The second kappa shape index (κ2) is 11.5. The molecule has 0 saturated heterocycles. The van der Waals surface area contributed by atoms with Gasteiger partial charge in [0.05, 0.1) is 22.1 Å². The molecule has 234 valence electrons. The summed E-state index contributed by atoms with van der Waals surface area (Å²) in [5.74, 6) is 0.536. The third kappa shape index (κ3) is 6.33. The van der Waals surface area contributed by atoms with E-state index in [1.807, 2.05) is 12.1 Å². The first kappa shape index (κ1) is 32.6. The van der Waals surface area contributed by atoms with Gasteiger partial charge in [0.25, 0.3) is 0 Å². The van der Waals surface area contributed by atoms with E-state index in [-0.39, 0.29) is 43.1 Å². The quantitative estimate of drug-likeness (QED) is 0.181. The van der Waals surface area contributed by atoms with Crippen molar-refractivity contribution in [3.05, 3.63) is 95.8 Å². The molecule has 0 fully saturated rings. The summed E-state index contributed by atoms with van der Waals surface area (Å²) < 4.78 is 6.42. The number of aromatic nitrogens is 3. The summed E-state index contributed by atoms with van der Waals surface area (Å²) in [6, 6.07) is 24.2. The van der Waals surface area contributed by atoms with Crippen molar-refractivity contribution >= 4 is 22.1 Å². The molecule has 6 rings (SSSR count). The van der Waals surface area contributed by atoms with Crippen molar-refractivity contribution in [1.29, 1.82) is 0 Å². The molecular formula is C39H40N3O2Pt-. The molecule has 2 heterocycles. The zero-order valence-electron chi connectivity index (χ0n) is 27.4. The number of rotatable bonds is 3. The van der Waals surface area contributed by atoms with Gasteiger partial charge in [-0.1, -0.05) is 91.6 Å². The molecular weight excluding hydrogens is 738 g/mol. The number of fused-ring (bicyclic) bond motifs is 2. The fraction of sp³-hybridized carbons (Fsp3) is 0.308. The van der Waals surface area contributed by atoms with Gasteiger partial charge in [-0.05, 0) is 57.2 Å². The minimum Gasteiger partial charge on any atom is -0.507 e. The summed E-state index contributed by atoms with van der Waals surface area (Å²) >= 11 is 0. The van der Waals surface area contributed by atoms with E-state index in [0.29, 0.717) is 17.0 Å². The van der Waals surface area contributed by atoms with Crippen LogP contribution in [0.5, 0.6) is 5.75 Å². The SMILES string of the molecule is CC(C)(C)c1ccc(O)c(-c2nc3c(-c4[c-]c(-c5cc(C(C)(C)C)cc6nccnc56)ccc4)cc(C(C)(C)C)cc3o2)c1.[Pt]. The van der Waals surface area contributed by atoms with Crippen LogP contribution in [-0.2, 0) is 37.3 Å². The van der Waals surface area contributed by atoms with Gasteiger partial charge < -0.3 is 9.52 Å². The Morgan fingerprint density at radius 2 is 1.18 bits per heavy atom. The molecule has 0 saturated carbocycles. The predicted molar refractivity (Wildman–Crippen MR) is 180 cm³/mol. The normalized spacial score (nSPS) is 12.5. The Kier molecular flexibility index (Phi) is 8.33. The summed E-state index contributed by atoms with van der Waals surface area (Å²) in [6.07, 6.45) is 3.48. The van der Waals surface area contributed by atoms with Crippen molar-refractivity contribution in [2.24, 2.45) is 0 Å². The molecule has 0 aliphatic heterocycles. The van der Waals surface area contributed by atoms with Gasteiger partial charge in [-0.2, -0.15) is 0 Å². The molecule has 6 aromatic rings. The molecule has 0 aliphatic carbocycles. The molecule has 1 N–H and O–H groups in total. The van der Waals surface area contributed by atoms with E-state index >= 15 is 0 Å². The molecule has 5 nitrogen and oxygen atoms in total. The molecule has 0 radical (unpaired) electrons. The summed E-state index contributed by atoms with van der Waals surface area (Å²) in [6.45, 7) is 19.7. The van der Waals surface area contributed by atoms with Crippen LogP contribution < -0.4 is 0 Å². The molecule has 0 unspecified atom stereocenters. The fourth-order valence-corrected chi connectivity index (χ4v) is 5.45. The van der Waals surface area contributed by atoms with Gasteiger partial charge in [0.2, 0.25) is 5.89 Å². The largest absolute Gasteiger partial charge is 0.507 e. The van der Waals surface area contributed by atoms with Crippen LogP contribution in [0.25, 0.3) is 55.8 Å². The van der Waals surface area contributed by atoms with Gasteiger partial charge in [-0.15, -0.1) is 35.4 Å². The minimum atomic E-state index is -0.130. The molecule has 0 amide bonds. The van der Waals surface area contributed by atoms with E-state index < -0.39 is 0 Å². The van der Waals surface area contributed by atoms with Crippen molar-refractivity contribution in [1.82, 2.24) is 15.0 Å². The Labute approximate surface area is 280 Å². The summed E-state index contributed by atoms with van der Waals surface area (Å²) in [5.41, 5.74) is 10.6. The second-order valence-corrected chi connectivity index (χ2v) is 14.8. The Morgan fingerprint density at radius 3 is 1.80 bits per heavy atom. The van der Waals surface area contributed by atoms with Gasteiger partial charge in [0, 0.05) is 33.5 Å². The maximum absolute atomic E-state index is 10.9. The number of phenols is 1.